The van der Waals surface area contributed by atoms with Crippen LogP contribution >= 0.6 is 0 Å². The fourth-order valence-corrected chi connectivity index (χ4v) is 4.19. The lowest BCUT2D eigenvalue weighted by atomic mass is 9.97. The number of benzene rings is 1. The fraction of sp³-hybridized carbons (Fsp3) is 0.368. The molecule has 1 saturated heterocycles. The molecule has 1 aromatic carbocycles. The van der Waals surface area contributed by atoms with Crippen LogP contribution in [0.25, 0.3) is 11.3 Å². The number of hydrogen-bond donors (Lipinski definition) is 1. The average Bonchev–Trinajstić information content (AvgIpc) is 3.23. The van der Waals surface area contributed by atoms with Crippen molar-refractivity contribution in [1.82, 2.24) is 14.9 Å². The molecule has 4 rings (SSSR count). The number of carbonyl (C=O) groups excluding carboxylic acids is 2. The monoisotopic (exact) mass is 336 g/mol. The standard InChI is InChI=1S/C19H20N4O2/c1-11-2-4-12(5-3-11)15-16(22-9-8-21-15)19(25)23-14-7-6-13(10-14)17(23)18(20)24/h2-5,8-9,13-14,17H,6-7,10H2,1H3,(H2,20,24)/t13-,14+,17-/m0/s1. The first kappa shape index (κ1) is 15.7. The third-order valence-corrected chi connectivity index (χ3v) is 5.34. The molecule has 0 radical (unpaired) electrons. The van der Waals surface area contributed by atoms with Crippen LogP contribution in [0.15, 0.2) is 36.7 Å². The number of amides is 2. The molecule has 6 heteroatoms. The molecule has 1 aliphatic heterocycles. The predicted molar refractivity (Wildman–Crippen MR) is 92.5 cm³/mol. The molecule has 2 bridgehead atoms. The lowest BCUT2D eigenvalue weighted by Crippen LogP contribution is -2.51. The number of carbonyl (C=O) groups is 2. The van der Waals surface area contributed by atoms with Gasteiger partial charge in [-0.3, -0.25) is 14.6 Å². The van der Waals surface area contributed by atoms with Crippen LogP contribution in [0.4, 0.5) is 0 Å². The summed E-state index contributed by atoms with van der Waals surface area (Å²) < 4.78 is 0. The number of fused-ring (bicyclic) bond motifs is 2. The summed E-state index contributed by atoms with van der Waals surface area (Å²) in [6.45, 7) is 2.00. The van der Waals surface area contributed by atoms with Gasteiger partial charge >= 0.3 is 0 Å². The van der Waals surface area contributed by atoms with E-state index in [2.05, 4.69) is 9.97 Å². The maximum atomic E-state index is 13.2. The van der Waals surface area contributed by atoms with Crippen LogP contribution < -0.4 is 5.73 Å². The summed E-state index contributed by atoms with van der Waals surface area (Å²) in [5.41, 5.74) is 8.38. The zero-order valence-electron chi connectivity index (χ0n) is 14.1. The van der Waals surface area contributed by atoms with E-state index in [0.29, 0.717) is 5.69 Å². The molecule has 3 atom stereocenters. The van der Waals surface area contributed by atoms with Crippen LogP contribution in [-0.4, -0.2) is 38.8 Å². The summed E-state index contributed by atoms with van der Waals surface area (Å²) in [5.74, 6) is -0.507. The van der Waals surface area contributed by atoms with E-state index in [-0.39, 0.29) is 23.6 Å². The Morgan fingerprint density at radius 2 is 1.84 bits per heavy atom. The number of hydrogen-bond acceptors (Lipinski definition) is 4. The van der Waals surface area contributed by atoms with Gasteiger partial charge in [-0.1, -0.05) is 29.8 Å². The molecule has 1 aromatic heterocycles. The van der Waals surface area contributed by atoms with E-state index >= 15 is 0 Å². The number of primary amides is 1. The van der Waals surface area contributed by atoms with Gasteiger partial charge in [-0.05, 0) is 32.1 Å². The minimum Gasteiger partial charge on any atom is -0.368 e. The highest BCUT2D eigenvalue weighted by atomic mass is 16.2. The SMILES string of the molecule is Cc1ccc(-c2nccnc2C(=O)N2[C@@H]3CC[C@@H](C3)[C@H]2C(N)=O)cc1. The van der Waals surface area contributed by atoms with E-state index < -0.39 is 11.9 Å². The molecule has 2 fully saturated rings. The Morgan fingerprint density at radius 3 is 2.56 bits per heavy atom. The van der Waals surface area contributed by atoms with Crippen molar-refractivity contribution in [2.75, 3.05) is 0 Å². The molecule has 1 aliphatic carbocycles. The molecule has 2 heterocycles. The Bertz CT molecular complexity index is 834. The van der Waals surface area contributed by atoms with Crippen molar-refractivity contribution in [2.45, 2.75) is 38.3 Å². The zero-order chi connectivity index (χ0) is 17.6. The van der Waals surface area contributed by atoms with Crippen LogP contribution in [0.3, 0.4) is 0 Å². The van der Waals surface area contributed by atoms with Crippen LogP contribution in [0.2, 0.25) is 0 Å². The Balaban J connectivity index is 1.74. The molecule has 25 heavy (non-hydrogen) atoms. The van der Waals surface area contributed by atoms with Gasteiger partial charge in [0.05, 0.1) is 0 Å². The van der Waals surface area contributed by atoms with Gasteiger partial charge in [0, 0.05) is 24.0 Å². The van der Waals surface area contributed by atoms with Crippen LogP contribution in [-0.2, 0) is 4.79 Å². The van der Waals surface area contributed by atoms with E-state index in [9.17, 15) is 9.59 Å². The highest BCUT2D eigenvalue weighted by Gasteiger charge is 2.51. The van der Waals surface area contributed by atoms with Gasteiger partial charge in [0.1, 0.15) is 11.7 Å². The first-order valence-electron chi connectivity index (χ1n) is 8.56. The minimum absolute atomic E-state index is 0.0721. The molecule has 2 amide bonds. The van der Waals surface area contributed by atoms with Crippen molar-refractivity contribution in [3.05, 3.63) is 47.9 Å². The van der Waals surface area contributed by atoms with Gasteiger partial charge in [-0.25, -0.2) is 4.98 Å². The van der Waals surface area contributed by atoms with Crippen molar-refractivity contribution in [2.24, 2.45) is 11.7 Å². The van der Waals surface area contributed by atoms with Crippen molar-refractivity contribution in [1.29, 1.82) is 0 Å². The second-order valence-electron chi connectivity index (χ2n) is 6.91. The van der Waals surface area contributed by atoms with Gasteiger partial charge < -0.3 is 10.6 Å². The summed E-state index contributed by atoms with van der Waals surface area (Å²) in [7, 11) is 0. The van der Waals surface area contributed by atoms with Crippen molar-refractivity contribution >= 4 is 11.8 Å². The summed E-state index contributed by atoms with van der Waals surface area (Å²) in [6, 6.07) is 7.35. The summed E-state index contributed by atoms with van der Waals surface area (Å²) >= 11 is 0. The molecule has 6 nitrogen and oxygen atoms in total. The van der Waals surface area contributed by atoms with Gasteiger partial charge in [0.15, 0.2) is 5.69 Å². The molecule has 2 aromatic rings. The Hall–Kier alpha value is -2.76. The largest absolute Gasteiger partial charge is 0.368 e. The lowest BCUT2D eigenvalue weighted by molar-refractivity contribution is -0.123. The van der Waals surface area contributed by atoms with Gasteiger partial charge in [-0.15, -0.1) is 0 Å². The number of likely N-dealkylation sites (tertiary alicyclic amines) is 1. The molecule has 0 spiro atoms. The summed E-state index contributed by atoms with van der Waals surface area (Å²) in [5, 5.41) is 0. The maximum absolute atomic E-state index is 13.2. The highest BCUT2D eigenvalue weighted by Crippen LogP contribution is 2.43. The van der Waals surface area contributed by atoms with Crippen LogP contribution in [0.1, 0.15) is 35.3 Å². The maximum Gasteiger partial charge on any atom is 0.275 e. The van der Waals surface area contributed by atoms with Gasteiger partial charge in [0.25, 0.3) is 5.91 Å². The highest BCUT2D eigenvalue weighted by molar-refractivity contribution is 6.01. The third kappa shape index (κ3) is 2.58. The van der Waals surface area contributed by atoms with Crippen molar-refractivity contribution in [3.63, 3.8) is 0 Å². The Labute approximate surface area is 146 Å². The second kappa shape index (κ2) is 5.95. The van der Waals surface area contributed by atoms with E-state index in [1.165, 1.54) is 6.20 Å². The Kier molecular flexibility index (Phi) is 3.75. The summed E-state index contributed by atoms with van der Waals surface area (Å²) in [6.07, 6.45) is 5.80. The van der Waals surface area contributed by atoms with Crippen LogP contribution in [0.5, 0.6) is 0 Å². The smallest absolute Gasteiger partial charge is 0.275 e. The van der Waals surface area contributed by atoms with E-state index in [0.717, 1.165) is 30.4 Å². The molecule has 2 aliphatic rings. The van der Waals surface area contributed by atoms with Crippen molar-refractivity contribution < 1.29 is 9.59 Å². The normalized spacial score (nSPS) is 24.5. The summed E-state index contributed by atoms with van der Waals surface area (Å²) in [4.78, 5) is 35.5. The second-order valence-corrected chi connectivity index (χ2v) is 6.91. The van der Waals surface area contributed by atoms with Gasteiger partial charge in [0.2, 0.25) is 5.91 Å². The first-order chi connectivity index (χ1) is 12.1. The zero-order valence-corrected chi connectivity index (χ0v) is 14.1. The molecular formula is C19H20N4O2. The number of aryl methyl sites for hydroxylation is 1. The number of piperidine rings is 1. The molecule has 2 N–H and O–H groups in total. The lowest BCUT2D eigenvalue weighted by Gasteiger charge is -2.33. The topological polar surface area (TPSA) is 89.2 Å². The molecule has 0 unspecified atom stereocenters. The van der Waals surface area contributed by atoms with E-state index in [1.54, 1.807) is 11.1 Å². The average molecular weight is 336 g/mol. The molecule has 128 valence electrons. The van der Waals surface area contributed by atoms with Crippen LogP contribution in [0, 0.1) is 12.8 Å². The van der Waals surface area contributed by atoms with E-state index in [4.69, 9.17) is 5.73 Å². The molecular weight excluding hydrogens is 316 g/mol. The minimum atomic E-state index is -0.529. The number of nitrogens with two attached hydrogens (primary N) is 1. The number of aromatic nitrogens is 2. The predicted octanol–water partition coefficient (Wildman–Crippen LogP) is 1.93. The van der Waals surface area contributed by atoms with Gasteiger partial charge in [-0.2, -0.15) is 0 Å². The molecule has 1 saturated carbocycles. The first-order valence-corrected chi connectivity index (χ1v) is 8.56. The van der Waals surface area contributed by atoms with Crippen molar-refractivity contribution in [3.8, 4) is 11.3 Å². The Morgan fingerprint density at radius 1 is 1.12 bits per heavy atom. The van der Waals surface area contributed by atoms with E-state index in [1.807, 2.05) is 31.2 Å². The fourth-order valence-electron chi connectivity index (χ4n) is 4.19. The quantitative estimate of drug-likeness (QED) is 0.927. The number of rotatable bonds is 3. The third-order valence-electron chi connectivity index (χ3n) is 5.34. The number of nitrogens with zero attached hydrogens (tertiary/aromatic N) is 3.